The number of benzene rings is 2. The molecule has 5 heteroatoms. The molecule has 1 aliphatic heterocycles. The molecule has 1 saturated heterocycles. The lowest BCUT2D eigenvalue weighted by Gasteiger charge is -2.42. The number of hydrogen-bond donors (Lipinski definition) is 1. The van der Waals surface area contributed by atoms with E-state index >= 15 is 0 Å². The average molecular weight is 449 g/mol. The lowest BCUT2D eigenvalue weighted by atomic mass is 9.63. The lowest BCUT2D eigenvalue weighted by molar-refractivity contribution is 0.0614. The molecule has 4 rings (SSSR count). The number of aliphatic hydroxyl groups is 1. The van der Waals surface area contributed by atoms with Crippen molar-refractivity contribution >= 4 is 11.7 Å². The summed E-state index contributed by atoms with van der Waals surface area (Å²) in [5.74, 6) is -0.0102. The van der Waals surface area contributed by atoms with Gasteiger partial charge in [-0.1, -0.05) is 52.0 Å². The minimum atomic E-state index is -0.00593. The molecular weight excluding hydrogens is 412 g/mol. The van der Waals surface area contributed by atoms with Crippen LogP contribution in [0.4, 0.5) is 0 Å². The number of nitrogens with zero attached hydrogens (tertiary/aromatic N) is 2. The molecule has 1 N–H and O–H groups in total. The molecule has 1 fully saturated rings. The Morgan fingerprint density at radius 1 is 0.788 bits per heavy atom. The van der Waals surface area contributed by atoms with E-state index in [2.05, 4.69) is 44.7 Å². The maximum absolute atomic E-state index is 13.3. The van der Waals surface area contributed by atoms with Crippen molar-refractivity contribution in [3.8, 4) is 0 Å². The zero-order valence-corrected chi connectivity index (χ0v) is 20.4. The predicted molar refractivity (Wildman–Crippen MR) is 131 cm³/mol. The molecule has 33 heavy (non-hydrogen) atoms. The zero-order chi connectivity index (χ0) is 23.8. The number of hydrogen-bond acceptors (Lipinski definition) is 4. The van der Waals surface area contributed by atoms with Crippen LogP contribution in [0.3, 0.4) is 0 Å². The van der Waals surface area contributed by atoms with Gasteiger partial charge in [0.1, 0.15) is 0 Å². The van der Waals surface area contributed by atoms with E-state index in [1.165, 1.54) is 11.1 Å². The van der Waals surface area contributed by atoms with Crippen LogP contribution >= 0.6 is 0 Å². The van der Waals surface area contributed by atoms with Crippen molar-refractivity contribution in [2.24, 2.45) is 0 Å². The first-order valence-electron chi connectivity index (χ1n) is 12.0. The zero-order valence-electron chi connectivity index (χ0n) is 20.4. The molecule has 0 saturated carbocycles. The molecule has 176 valence electrons. The van der Waals surface area contributed by atoms with Gasteiger partial charge < -0.3 is 10.0 Å². The summed E-state index contributed by atoms with van der Waals surface area (Å²) in [7, 11) is 0. The van der Waals surface area contributed by atoms with Crippen LogP contribution in [0.25, 0.3) is 0 Å². The molecule has 0 radical (unpaired) electrons. The van der Waals surface area contributed by atoms with Crippen LogP contribution in [-0.4, -0.2) is 65.9 Å². The van der Waals surface area contributed by atoms with Gasteiger partial charge in [-0.15, -0.1) is 0 Å². The SMILES string of the molecule is CC1(C)CCC(C)(C)c2cc(C(=O)c3ccc(C(=O)N4CCN(CCO)CC4)cc3)ccc21. The van der Waals surface area contributed by atoms with Crippen LogP contribution in [-0.2, 0) is 10.8 Å². The molecule has 0 atom stereocenters. The lowest BCUT2D eigenvalue weighted by Crippen LogP contribution is -2.49. The Labute approximate surface area is 197 Å². The fraction of sp³-hybridized carbons (Fsp3) is 0.500. The highest BCUT2D eigenvalue weighted by molar-refractivity contribution is 6.09. The van der Waals surface area contributed by atoms with Gasteiger partial charge in [-0.2, -0.15) is 0 Å². The molecule has 0 bridgehead atoms. The number of amides is 1. The van der Waals surface area contributed by atoms with Crippen LogP contribution in [0, 0.1) is 0 Å². The first-order chi connectivity index (χ1) is 15.6. The normalized spacial score (nSPS) is 19.7. The van der Waals surface area contributed by atoms with Crippen LogP contribution < -0.4 is 0 Å². The fourth-order valence-electron chi connectivity index (χ4n) is 5.16. The van der Waals surface area contributed by atoms with E-state index in [1.54, 1.807) is 24.3 Å². The highest BCUT2D eigenvalue weighted by Gasteiger charge is 2.37. The highest BCUT2D eigenvalue weighted by Crippen LogP contribution is 2.46. The van der Waals surface area contributed by atoms with Crippen LogP contribution in [0.2, 0.25) is 0 Å². The van der Waals surface area contributed by atoms with Crippen LogP contribution in [0.15, 0.2) is 42.5 Å². The third kappa shape index (κ3) is 4.75. The second-order valence-electron chi connectivity index (χ2n) is 10.8. The summed E-state index contributed by atoms with van der Waals surface area (Å²) < 4.78 is 0. The van der Waals surface area contributed by atoms with Gasteiger partial charge in [0.25, 0.3) is 5.91 Å². The molecule has 2 aromatic rings. The number of ketones is 1. The summed E-state index contributed by atoms with van der Waals surface area (Å²) in [4.78, 5) is 30.1. The van der Waals surface area contributed by atoms with Gasteiger partial charge in [-0.05, 0) is 53.0 Å². The Morgan fingerprint density at radius 2 is 1.33 bits per heavy atom. The van der Waals surface area contributed by atoms with Crippen LogP contribution in [0.5, 0.6) is 0 Å². The summed E-state index contributed by atoms with van der Waals surface area (Å²) in [5, 5.41) is 9.08. The maximum Gasteiger partial charge on any atom is 0.253 e. The molecule has 0 aromatic heterocycles. The monoisotopic (exact) mass is 448 g/mol. The molecule has 0 spiro atoms. The number of rotatable bonds is 5. The van der Waals surface area contributed by atoms with Gasteiger partial charge in [0, 0.05) is 49.4 Å². The fourth-order valence-corrected chi connectivity index (χ4v) is 5.16. The molecular formula is C28H36N2O3. The van der Waals surface area contributed by atoms with E-state index in [0.717, 1.165) is 25.9 Å². The van der Waals surface area contributed by atoms with Crippen LogP contribution in [0.1, 0.15) is 77.9 Å². The average Bonchev–Trinajstić information content (AvgIpc) is 2.82. The van der Waals surface area contributed by atoms with E-state index in [9.17, 15) is 9.59 Å². The number of fused-ring (bicyclic) bond motifs is 1. The van der Waals surface area contributed by atoms with Crippen molar-refractivity contribution in [1.29, 1.82) is 0 Å². The summed E-state index contributed by atoms with van der Waals surface area (Å²) in [6.07, 6.45) is 2.25. The van der Waals surface area contributed by atoms with Gasteiger partial charge in [-0.25, -0.2) is 0 Å². The molecule has 1 amide bonds. The Balaban J connectivity index is 1.50. The Hall–Kier alpha value is -2.50. The third-order valence-corrected chi connectivity index (χ3v) is 7.58. The summed E-state index contributed by atoms with van der Waals surface area (Å²) in [5.41, 5.74) is 4.71. The summed E-state index contributed by atoms with van der Waals surface area (Å²) >= 11 is 0. The summed E-state index contributed by atoms with van der Waals surface area (Å²) in [6.45, 7) is 12.7. The van der Waals surface area contributed by atoms with E-state index in [4.69, 9.17) is 5.11 Å². The number of piperazine rings is 1. The summed E-state index contributed by atoms with van der Waals surface area (Å²) in [6, 6.07) is 13.2. The van der Waals surface area contributed by atoms with E-state index in [-0.39, 0.29) is 29.1 Å². The minimum Gasteiger partial charge on any atom is -0.395 e. The number of carbonyl (C=O) groups is 2. The second-order valence-corrected chi connectivity index (χ2v) is 10.8. The van der Waals surface area contributed by atoms with Crippen molar-refractivity contribution in [3.63, 3.8) is 0 Å². The first kappa shape index (κ1) is 23.7. The smallest absolute Gasteiger partial charge is 0.253 e. The van der Waals surface area contributed by atoms with Gasteiger partial charge in [0.05, 0.1) is 6.61 Å². The third-order valence-electron chi connectivity index (χ3n) is 7.58. The number of carbonyl (C=O) groups excluding carboxylic acids is 2. The van der Waals surface area contributed by atoms with Crippen molar-refractivity contribution in [2.75, 3.05) is 39.3 Å². The van der Waals surface area contributed by atoms with Crippen molar-refractivity contribution in [1.82, 2.24) is 9.80 Å². The van der Waals surface area contributed by atoms with Gasteiger partial charge in [0.15, 0.2) is 5.78 Å². The molecule has 2 aliphatic rings. The van der Waals surface area contributed by atoms with E-state index in [1.807, 2.05) is 11.0 Å². The van der Waals surface area contributed by atoms with E-state index in [0.29, 0.717) is 36.3 Å². The molecule has 1 aliphatic carbocycles. The molecule has 0 unspecified atom stereocenters. The van der Waals surface area contributed by atoms with E-state index < -0.39 is 0 Å². The maximum atomic E-state index is 13.3. The Bertz CT molecular complexity index is 1030. The molecule has 5 nitrogen and oxygen atoms in total. The van der Waals surface area contributed by atoms with Gasteiger partial charge in [-0.3, -0.25) is 14.5 Å². The quantitative estimate of drug-likeness (QED) is 0.702. The Morgan fingerprint density at radius 3 is 1.94 bits per heavy atom. The van der Waals surface area contributed by atoms with Crippen molar-refractivity contribution < 1.29 is 14.7 Å². The van der Waals surface area contributed by atoms with Gasteiger partial charge in [0.2, 0.25) is 0 Å². The number of β-amino-alcohol motifs (C(OH)–C–C–N with tert-alkyl or cyclic N) is 1. The first-order valence-corrected chi connectivity index (χ1v) is 12.0. The largest absolute Gasteiger partial charge is 0.395 e. The second kappa shape index (κ2) is 9.03. The minimum absolute atomic E-state index is 0.00425. The highest BCUT2D eigenvalue weighted by atomic mass is 16.3. The topological polar surface area (TPSA) is 60.9 Å². The van der Waals surface area contributed by atoms with Gasteiger partial charge >= 0.3 is 0 Å². The predicted octanol–water partition coefficient (Wildman–Crippen LogP) is 4.02. The van der Waals surface area contributed by atoms with Crippen molar-refractivity contribution in [3.05, 3.63) is 70.3 Å². The Kier molecular flexibility index (Phi) is 6.47. The standard InChI is InChI=1S/C28H36N2O3/c1-27(2)11-12-28(3,4)24-19-22(9-10-23(24)27)25(32)20-5-7-21(8-6-20)26(33)30-15-13-29(14-16-30)17-18-31/h5-10,19,31H,11-18H2,1-4H3. The van der Waals surface area contributed by atoms with Crippen molar-refractivity contribution in [2.45, 2.75) is 51.4 Å². The number of aliphatic hydroxyl groups excluding tert-OH is 1. The molecule has 1 heterocycles. The molecule has 2 aromatic carbocycles.